The van der Waals surface area contributed by atoms with Gasteiger partial charge in [0, 0.05) is 25.4 Å². The second-order valence-corrected chi connectivity index (χ2v) is 7.49. The van der Waals surface area contributed by atoms with Gasteiger partial charge in [0.25, 0.3) is 0 Å². The Labute approximate surface area is 166 Å². The lowest BCUT2D eigenvalue weighted by Crippen LogP contribution is -2.09. The van der Waals surface area contributed by atoms with Crippen molar-refractivity contribution in [2.75, 3.05) is 6.61 Å². The van der Waals surface area contributed by atoms with Crippen molar-refractivity contribution in [3.05, 3.63) is 67.6 Å². The zero-order valence-corrected chi connectivity index (χ0v) is 17.7. The van der Waals surface area contributed by atoms with Crippen LogP contribution in [0.5, 0.6) is 0 Å². The van der Waals surface area contributed by atoms with Gasteiger partial charge in [-0.3, -0.25) is 9.59 Å². The van der Waals surface area contributed by atoms with Crippen molar-refractivity contribution >= 4 is 59.4 Å². The standard InChI is InChI=1S/C18H15Br3O3/c1-11(22)12-2-5-15(17(21)6-12)9-24-10-18(23)13-3-4-14(8-19)16(20)7-13/h2-7H,8-10H2,1H3. The normalized spacial score (nSPS) is 10.7. The van der Waals surface area contributed by atoms with E-state index in [1.54, 1.807) is 24.3 Å². The average Bonchev–Trinajstić information content (AvgIpc) is 2.55. The lowest BCUT2D eigenvalue weighted by molar-refractivity contribution is 0.0725. The van der Waals surface area contributed by atoms with E-state index in [0.717, 1.165) is 25.4 Å². The molecule has 24 heavy (non-hydrogen) atoms. The summed E-state index contributed by atoms with van der Waals surface area (Å²) >= 11 is 10.3. The largest absolute Gasteiger partial charge is 0.369 e. The van der Waals surface area contributed by atoms with E-state index < -0.39 is 0 Å². The van der Waals surface area contributed by atoms with Crippen LogP contribution in [0.25, 0.3) is 0 Å². The minimum absolute atomic E-state index is 0.000991. The third-order valence-corrected chi connectivity index (χ3v) is 5.55. The molecular formula is C18H15Br3O3. The molecule has 2 rings (SSSR count). The fourth-order valence-corrected chi connectivity index (χ4v) is 3.93. The van der Waals surface area contributed by atoms with Crippen molar-refractivity contribution < 1.29 is 14.3 Å². The summed E-state index contributed by atoms with van der Waals surface area (Å²) in [5.74, 6) is -0.0656. The van der Waals surface area contributed by atoms with Gasteiger partial charge in [-0.2, -0.15) is 0 Å². The van der Waals surface area contributed by atoms with Crippen molar-refractivity contribution in [3.63, 3.8) is 0 Å². The number of ketones is 2. The van der Waals surface area contributed by atoms with Crippen molar-refractivity contribution in [2.45, 2.75) is 18.9 Å². The number of hydrogen-bond acceptors (Lipinski definition) is 3. The van der Waals surface area contributed by atoms with E-state index in [9.17, 15) is 9.59 Å². The highest BCUT2D eigenvalue weighted by Crippen LogP contribution is 2.22. The summed E-state index contributed by atoms with van der Waals surface area (Å²) in [5, 5.41) is 0.725. The molecule has 0 atom stereocenters. The first-order valence-corrected chi connectivity index (χ1v) is 9.88. The number of ether oxygens (including phenoxy) is 1. The van der Waals surface area contributed by atoms with Gasteiger partial charge in [-0.1, -0.05) is 72.1 Å². The molecule has 0 aromatic heterocycles. The van der Waals surface area contributed by atoms with Gasteiger partial charge in [-0.05, 0) is 30.2 Å². The second-order valence-electron chi connectivity index (χ2n) is 5.22. The van der Waals surface area contributed by atoms with Gasteiger partial charge in [0.2, 0.25) is 0 Å². The van der Waals surface area contributed by atoms with Crippen LogP contribution in [0, 0.1) is 0 Å². The first-order chi connectivity index (χ1) is 11.4. The summed E-state index contributed by atoms with van der Waals surface area (Å²) < 4.78 is 7.22. The van der Waals surface area contributed by atoms with Crippen LogP contribution in [0.2, 0.25) is 0 Å². The first kappa shape index (κ1) is 19.5. The maximum atomic E-state index is 12.2. The quantitative estimate of drug-likeness (QED) is 0.348. The van der Waals surface area contributed by atoms with Crippen LogP contribution in [0.4, 0.5) is 0 Å². The zero-order valence-electron chi connectivity index (χ0n) is 12.9. The molecule has 0 fully saturated rings. The molecule has 126 valence electrons. The summed E-state index contributed by atoms with van der Waals surface area (Å²) in [5.41, 5.74) is 3.22. The summed E-state index contributed by atoms with van der Waals surface area (Å²) in [6.45, 7) is 1.82. The molecule has 0 heterocycles. The van der Waals surface area contributed by atoms with Gasteiger partial charge < -0.3 is 4.74 Å². The van der Waals surface area contributed by atoms with Crippen LogP contribution in [0.3, 0.4) is 0 Å². The van der Waals surface area contributed by atoms with Gasteiger partial charge in [-0.15, -0.1) is 0 Å². The second kappa shape index (κ2) is 9.04. The topological polar surface area (TPSA) is 43.4 Å². The van der Waals surface area contributed by atoms with E-state index in [0.29, 0.717) is 17.7 Å². The van der Waals surface area contributed by atoms with Gasteiger partial charge >= 0.3 is 0 Å². The smallest absolute Gasteiger partial charge is 0.188 e. The van der Waals surface area contributed by atoms with Gasteiger partial charge in [0.15, 0.2) is 11.6 Å². The maximum absolute atomic E-state index is 12.2. The minimum Gasteiger partial charge on any atom is -0.369 e. The molecule has 0 spiro atoms. The Bertz CT molecular complexity index is 772. The Morgan fingerprint density at radius 1 is 0.958 bits per heavy atom. The van der Waals surface area contributed by atoms with Crippen molar-refractivity contribution in [1.82, 2.24) is 0 Å². The van der Waals surface area contributed by atoms with Crippen LogP contribution in [0.1, 0.15) is 38.8 Å². The molecule has 0 aliphatic heterocycles. The summed E-state index contributed by atoms with van der Waals surface area (Å²) in [6.07, 6.45) is 0. The Hall–Kier alpha value is -0.820. The minimum atomic E-state index is -0.0756. The van der Waals surface area contributed by atoms with Crippen molar-refractivity contribution in [1.29, 1.82) is 0 Å². The molecule has 2 aromatic carbocycles. The van der Waals surface area contributed by atoms with Crippen LogP contribution in [0.15, 0.2) is 45.3 Å². The Kier molecular flexibility index (Phi) is 7.34. The molecule has 0 N–H and O–H groups in total. The number of Topliss-reactive ketones (excluding diaryl/α,β-unsaturated/α-hetero) is 2. The van der Waals surface area contributed by atoms with Crippen LogP contribution >= 0.6 is 47.8 Å². The third-order valence-electron chi connectivity index (χ3n) is 3.47. The third kappa shape index (κ3) is 5.09. The molecule has 0 amide bonds. The Balaban J connectivity index is 1.95. The van der Waals surface area contributed by atoms with E-state index >= 15 is 0 Å². The van der Waals surface area contributed by atoms with Gasteiger partial charge in [-0.25, -0.2) is 0 Å². The van der Waals surface area contributed by atoms with Crippen molar-refractivity contribution in [3.8, 4) is 0 Å². The highest BCUT2D eigenvalue weighted by molar-refractivity contribution is 9.11. The number of hydrogen-bond donors (Lipinski definition) is 0. The van der Waals surface area contributed by atoms with Crippen LogP contribution in [-0.4, -0.2) is 18.2 Å². The van der Waals surface area contributed by atoms with E-state index in [2.05, 4.69) is 47.8 Å². The number of alkyl halides is 1. The van der Waals surface area contributed by atoms with Gasteiger partial charge in [0.05, 0.1) is 6.61 Å². The molecular weight excluding hydrogens is 504 g/mol. The number of carbonyl (C=O) groups excluding carboxylic acids is 2. The van der Waals surface area contributed by atoms with E-state index in [1.807, 2.05) is 12.1 Å². The molecule has 0 saturated heterocycles. The Morgan fingerprint density at radius 3 is 2.12 bits per heavy atom. The monoisotopic (exact) mass is 516 g/mol. The van der Waals surface area contributed by atoms with Crippen LogP contribution < -0.4 is 0 Å². The van der Waals surface area contributed by atoms with Gasteiger partial charge in [0.1, 0.15) is 6.61 Å². The first-order valence-electron chi connectivity index (χ1n) is 7.17. The predicted molar refractivity (Wildman–Crippen MR) is 105 cm³/mol. The summed E-state index contributed by atoms with van der Waals surface area (Å²) in [7, 11) is 0. The molecule has 2 aromatic rings. The molecule has 0 aliphatic rings. The molecule has 3 nitrogen and oxygen atoms in total. The van der Waals surface area contributed by atoms with E-state index in [-0.39, 0.29) is 18.2 Å². The maximum Gasteiger partial charge on any atom is 0.188 e. The fraction of sp³-hybridized carbons (Fsp3) is 0.222. The molecule has 0 aliphatic carbocycles. The van der Waals surface area contributed by atoms with Crippen LogP contribution in [-0.2, 0) is 16.7 Å². The number of carbonyl (C=O) groups is 2. The molecule has 0 unspecified atom stereocenters. The number of halogens is 3. The fourth-order valence-electron chi connectivity index (χ4n) is 2.05. The van der Waals surface area contributed by atoms with E-state index in [1.165, 1.54) is 6.92 Å². The molecule has 0 radical (unpaired) electrons. The number of benzene rings is 2. The highest BCUT2D eigenvalue weighted by atomic mass is 79.9. The number of rotatable bonds is 7. The molecule has 0 bridgehead atoms. The van der Waals surface area contributed by atoms with E-state index in [4.69, 9.17) is 4.74 Å². The van der Waals surface area contributed by atoms with Crippen molar-refractivity contribution in [2.24, 2.45) is 0 Å². The summed E-state index contributed by atoms with van der Waals surface area (Å²) in [6, 6.07) is 10.9. The lowest BCUT2D eigenvalue weighted by atomic mass is 10.1. The SMILES string of the molecule is CC(=O)c1ccc(COCC(=O)c2ccc(CBr)c(Br)c2)c(Br)c1. The predicted octanol–water partition coefficient (Wildman–Crippen LogP) is 5.71. The summed E-state index contributed by atoms with van der Waals surface area (Å²) in [4.78, 5) is 23.5. The lowest BCUT2D eigenvalue weighted by Gasteiger charge is -2.08. The average molecular weight is 519 g/mol. The zero-order chi connectivity index (χ0) is 17.7. The Morgan fingerprint density at radius 2 is 1.54 bits per heavy atom. The molecule has 0 saturated carbocycles. The highest BCUT2D eigenvalue weighted by Gasteiger charge is 2.10. The molecule has 6 heteroatoms.